The van der Waals surface area contributed by atoms with E-state index < -0.39 is 5.91 Å². The summed E-state index contributed by atoms with van der Waals surface area (Å²) in [6.45, 7) is 0. The predicted octanol–water partition coefficient (Wildman–Crippen LogP) is 3.66. The summed E-state index contributed by atoms with van der Waals surface area (Å²) in [5.74, 6) is -0.435. The Morgan fingerprint density at radius 1 is 1.36 bits per heavy atom. The van der Waals surface area contributed by atoms with Crippen molar-refractivity contribution in [2.45, 2.75) is 18.8 Å². The molecule has 0 saturated heterocycles. The van der Waals surface area contributed by atoms with Gasteiger partial charge in [0.05, 0.1) is 12.7 Å². The number of benzene rings is 2. The molecule has 0 aliphatic heterocycles. The zero-order valence-electron chi connectivity index (χ0n) is 12.0. The summed E-state index contributed by atoms with van der Waals surface area (Å²) in [5, 5.41) is 0.369. The van der Waals surface area contributed by atoms with Crippen molar-refractivity contribution in [2.75, 3.05) is 7.11 Å². The highest BCUT2D eigenvalue weighted by molar-refractivity contribution is 6.30. The first kappa shape index (κ1) is 14.9. The van der Waals surface area contributed by atoms with Gasteiger partial charge in [-0.2, -0.15) is 0 Å². The molecular formula is C17H15ClFNO2. The van der Waals surface area contributed by atoms with Crippen LogP contribution in [0.2, 0.25) is 5.02 Å². The molecule has 0 bridgehead atoms. The molecule has 22 heavy (non-hydrogen) atoms. The van der Waals surface area contributed by atoms with Gasteiger partial charge in [-0.1, -0.05) is 23.7 Å². The summed E-state index contributed by atoms with van der Waals surface area (Å²) in [4.78, 5) is 11.6. The average molecular weight is 320 g/mol. The quantitative estimate of drug-likeness (QED) is 0.938. The zero-order chi connectivity index (χ0) is 15.9. The smallest absolute Gasteiger partial charge is 0.252 e. The Bertz CT molecular complexity index is 761. The molecule has 0 fully saturated rings. The van der Waals surface area contributed by atoms with Gasteiger partial charge in [0.25, 0.3) is 5.91 Å². The van der Waals surface area contributed by atoms with Crippen LogP contribution in [0.4, 0.5) is 4.39 Å². The molecule has 3 rings (SSSR count). The SMILES string of the molecule is COc1c(C(N)=O)cccc1[C@@H]1CCc2c(F)cc(Cl)cc21. The third-order valence-corrected chi connectivity index (χ3v) is 4.36. The van der Waals surface area contributed by atoms with Gasteiger partial charge in [0, 0.05) is 16.5 Å². The van der Waals surface area contributed by atoms with Crippen LogP contribution >= 0.6 is 11.6 Å². The number of nitrogens with two attached hydrogens (primary N) is 1. The molecule has 5 heteroatoms. The van der Waals surface area contributed by atoms with E-state index in [1.54, 1.807) is 18.2 Å². The number of carbonyl (C=O) groups is 1. The molecule has 0 radical (unpaired) electrons. The number of methoxy groups -OCH3 is 1. The van der Waals surface area contributed by atoms with Gasteiger partial charge in [0.15, 0.2) is 0 Å². The van der Waals surface area contributed by atoms with E-state index in [1.165, 1.54) is 13.2 Å². The highest BCUT2D eigenvalue weighted by atomic mass is 35.5. The number of hydrogen-bond donors (Lipinski definition) is 1. The summed E-state index contributed by atoms with van der Waals surface area (Å²) in [6, 6.07) is 8.38. The molecule has 0 heterocycles. The topological polar surface area (TPSA) is 52.3 Å². The number of fused-ring (bicyclic) bond motifs is 1. The third-order valence-electron chi connectivity index (χ3n) is 4.14. The maximum Gasteiger partial charge on any atom is 0.252 e. The van der Waals surface area contributed by atoms with E-state index in [-0.39, 0.29) is 11.7 Å². The Morgan fingerprint density at radius 2 is 2.14 bits per heavy atom. The standard InChI is InChI=1S/C17H15ClFNO2/c1-22-16-12(3-2-4-13(16)17(20)21)10-5-6-11-14(10)7-9(18)8-15(11)19/h2-4,7-8,10H,5-6H2,1H3,(H2,20,21)/t10-/m0/s1. The van der Waals surface area contributed by atoms with Gasteiger partial charge in [-0.15, -0.1) is 0 Å². The van der Waals surface area contributed by atoms with Gasteiger partial charge in [-0.25, -0.2) is 4.39 Å². The Kier molecular flexibility index (Phi) is 3.79. The zero-order valence-corrected chi connectivity index (χ0v) is 12.8. The highest BCUT2D eigenvalue weighted by Gasteiger charge is 2.30. The maximum absolute atomic E-state index is 14.0. The van der Waals surface area contributed by atoms with Crippen LogP contribution < -0.4 is 10.5 Å². The van der Waals surface area contributed by atoms with Crippen molar-refractivity contribution in [1.29, 1.82) is 0 Å². The summed E-state index contributed by atoms with van der Waals surface area (Å²) < 4.78 is 19.4. The van der Waals surface area contributed by atoms with E-state index in [0.29, 0.717) is 28.3 Å². The van der Waals surface area contributed by atoms with E-state index in [4.69, 9.17) is 22.1 Å². The number of rotatable bonds is 3. The van der Waals surface area contributed by atoms with Gasteiger partial charge < -0.3 is 10.5 Å². The molecule has 1 aliphatic carbocycles. The lowest BCUT2D eigenvalue weighted by Crippen LogP contribution is -2.14. The summed E-state index contributed by atoms with van der Waals surface area (Å²) >= 11 is 5.99. The summed E-state index contributed by atoms with van der Waals surface area (Å²) in [5.41, 5.74) is 8.10. The van der Waals surface area contributed by atoms with Crippen LogP contribution in [0.3, 0.4) is 0 Å². The number of ether oxygens (including phenoxy) is 1. The first-order chi connectivity index (χ1) is 10.5. The molecular weight excluding hydrogens is 305 g/mol. The molecule has 1 amide bonds. The van der Waals surface area contributed by atoms with Crippen molar-refractivity contribution in [3.05, 3.63) is 63.4 Å². The Morgan fingerprint density at radius 3 is 2.82 bits per heavy atom. The minimum absolute atomic E-state index is 0.0579. The van der Waals surface area contributed by atoms with Crippen molar-refractivity contribution >= 4 is 17.5 Å². The molecule has 0 aromatic heterocycles. The van der Waals surface area contributed by atoms with Crippen molar-refractivity contribution in [3.63, 3.8) is 0 Å². The molecule has 2 aromatic rings. The van der Waals surface area contributed by atoms with Crippen LogP contribution in [0.1, 0.15) is 39.4 Å². The van der Waals surface area contributed by atoms with Crippen LogP contribution in [0.5, 0.6) is 5.75 Å². The average Bonchev–Trinajstić information content (AvgIpc) is 2.90. The fraction of sp³-hybridized carbons (Fsp3) is 0.235. The summed E-state index contributed by atoms with van der Waals surface area (Å²) in [6.07, 6.45) is 1.37. The van der Waals surface area contributed by atoms with Crippen molar-refractivity contribution in [1.82, 2.24) is 0 Å². The number of para-hydroxylation sites is 1. The van der Waals surface area contributed by atoms with Crippen LogP contribution in [0.15, 0.2) is 30.3 Å². The van der Waals surface area contributed by atoms with E-state index in [1.807, 2.05) is 6.07 Å². The van der Waals surface area contributed by atoms with E-state index in [9.17, 15) is 9.18 Å². The molecule has 0 unspecified atom stereocenters. The molecule has 2 N–H and O–H groups in total. The highest BCUT2D eigenvalue weighted by Crippen LogP contribution is 2.44. The minimum Gasteiger partial charge on any atom is -0.496 e. The fourth-order valence-electron chi connectivity index (χ4n) is 3.22. The van der Waals surface area contributed by atoms with Crippen molar-refractivity contribution in [2.24, 2.45) is 5.73 Å². The Labute approximate surface area is 132 Å². The number of primary amides is 1. The second-order valence-electron chi connectivity index (χ2n) is 5.34. The van der Waals surface area contributed by atoms with Crippen molar-refractivity contribution < 1.29 is 13.9 Å². The first-order valence-electron chi connectivity index (χ1n) is 6.97. The van der Waals surface area contributed by atoms with Gasteiger partial charge >= 0.3 is 0 Å². The molecule has 2 aromatic carbocycles. The molecule has 1 aliphatic rings. The molecule has 0 saturated carbocycles. The molecule has 114 valence electrons. The number of amides is 1. The second kappa shape index (κ2) is 5.61. The lowest BCUT2D eigenvalue weighted by Gasteiger charge is -2.18. The van der Waals surface area contributed by atoms with Crippen molar-refractivity contribution in [3.8, 4) is 5.75 Å². The molecule has 0 spiro atoms. The Balaban J connectivity index is 2.16. The molecule has 3 nitrogen and oxygen atoms in total. The first-order valence-corrected chi connectivity index (χ1v) is 7.35. The monoisotopic (exact) mass is 319 g/mol. The van der Waals surface area contributed by atoms with E-state index >= 15 is 0 Å². The fourth-order valence-corrected chi connectivity index (χ4v) is 3.43. The Hall–Kier alpha value is -2.07. The predicted molar refractivity (Wildman–Crippen MR) is 83.1 cm³/mol. The largest absolute Gasteiger partial charge is 0.496 e. The maximum atomic E-state index is 14.0. The minimum atomic E-state index is -0.547. The van der Waals surface area contributed by atoms with Crippen LogP contribution in [-0.4, -0.2) is 13.0 Å². The lowest BCUT2D eigenvalue weighted by atomic mass is 9.90. The van der Waals surface area contributed by atoms with Gasteiger partial charge in [-0.3, -0.25) is 4.79 Å². The summed E-state index contributed by atoms with van der Waals surface area (Å²) in [7, 11) is 1.50. The number of carbonyl (C=O) groups excluding carboxylic acids is 1. The van der Waals surface area contributed by atoms with Crippen LogP contribution in [0.25, 0.3) is 0 Å². The van der Waals surface area contributed by atoms with Crippen LogP contribution in [-0.2, 0) is 6.42 Å². The van der Waals surface area contributed by atoms with Gasteiger partial charge in [0.1, 0.15) is 11.6 Å². The normalized spacial score (nSPS) is 16.4. The third kappa shape index (κ3) is 2.33. The van der Waals surface area contributed by atoms with Gasteiger partial charge in [-0.05, 0) is 42.2 Å². The van der Waals surface area contributed by atoms with Gasteiger partial charge in [0.2, 0.25) is 0 Å². The second-order valence-corrected chi connectivity index (χ2v) is 5.78. The van der Waals surface area contributed by atoms with Crippen LogP contribution in [0, 0.1) is 5.82 Å². The number of hydrogen-bond acceptors (Lipinski definition) is 2. The van der Waals surface area contributed by atoms with E-state index in [2.05, 4.69) is 0 Å². The van der Waals surface area contributed by atoms with E-state index in [0.717, 1.165) is 17.5 Å². The molecule has 1 atom stereocenters. The number of halogens is 2. The lowest BCUT2D eigenvalue weighted by molar-refractivity contribution is 0.0997.